The number of non-ortho nitro benzene ring substituents is 1. The topological polar surface area (TPSA) is 80.4 Å². The molecule has 0 spiro atoms. The van der Waals surface area contributed by atoms with Gasteiger partial charge in [-0.3, -0.25) is 10.1 Å². The quantitative estimate of drug-likeness (QED) is 0.639. The Kier molecular flexibility index (Phi) is 4.72. The van der Waals surface area contributed by atoms with Crippen LogP contribution in [0.15, 0.2) is 46.2 Å². The standard InChI is InChI=1S/C13H7Cl2NO4S/c14-7-2-1-3-9(4-7)21-12-10(13(17)18)5-8(16(19)20)6-11(12)15/h1-6H,(H,17,18). The number of nitrogens with zero attached hydrogens (tertiary/aromatic N) is 1. The second-order valence-electron chi connectivity index (χ2n) is 3.93. The highest BCUT2D eigenvalue weighted by molar-refractivity contribution is 7.99. The fourth-order valence-corrected chi connectivity index (χ4v) is 3.16. The molecule has 5 nitrogen and oxygen atoms in total. The molecular formula is C13H7Cl2NO4S. The van der Waals surface area contributed by atoms with Crippen molar-refractivity contribution in [1.29, 1.82) is 0 Å². The molecular weight excluding hydrogens is 337 g/mol. The van der Waals surface area contributed by atoms with E-state index in [2.05, 4.69) is 0 Å². The number of carbonyl (C=O) groups is 1. The van der Waals surface area contributed by atoms with Gasteiger partial charge in [0.25, 0.3) is 5.69 Å². The zero-order valence-electron chi connectivity index (χ0n) is 10.2. The Morgan fingerprint density at radius 1 is 1.24 bits per heavy atom. The molecule has 0 aromatic heterocycles. The van der Waals surface area contributed by atoms with Gasteiger partial charge in [0.2, 0.25) is 0 Å². The summed E-state index contributed by atoms with van der Waals surface area (Å²) in [5, 5.41) is 20.5. The molecule has 0 aliphatic carbocycles. The lowest BCUT2D eigenvalue weighted by molar-refractivity contribution is -0.384. The van der Waals surface area contributed by atoms with Gasteiger partial charge < -0.3 is 5.11 Å². The maximum atomic E-state index is 11.3. The van der Waals surface area contributed by atoms with Crippen LogP contribution in [-0.2, 0) is 0 Å². The van der Waals surface area contributed by atoms with Crippen LogP contribution in [0.25, 0.3) is 0 Å². The third-order valence-electron chi connectivity index (χ3n) is 2.49. The van der Waals surface area contributed by atoms with E-state index in [9.17, 15) is 20.0 Å². The highest BCUT2D eigenvalue weighted by Crippen LogP contribution is 2.39. The summed E-state index contributed by atoms with van der Waals surface area (Å²) in [4.78, 5) is 22.3. The fourth-order valence-electron chi connectivity index (χ4n) is 1.60. The first-order chi connectivity index (χ1) is 9.88. The minimum absolute atomic E-state index is 0.00609. The Bertz CT molecular complexity index is 736. The zero-order chi connectivity index (χ0) is 15.6. The number of nitro groups is 1. The summed E-state index contributed by atoms with van der Waals surface area (Å²) >= 11 is 12.9. The Balaban J connectivity index is 2.52. The second kappa shape index (κ2) is 6.34. The van der Waals surface area contributed by atoms with Crippen molar-refractivity contribution in [3.05, 3.63) is 62.1 Å². The van der Waals surface area contributed by atoms with Crippen molar-refractivity contribution < 1.29 is 14.8 Å². The first kappa shape index (κ1) is 15.6. The Morgan fingerprint density at radius 3 is 2.52 bits per heavy atom. The van der Waals surface area contributed by atoms with Crippen molar-refractivity contribution in [3.8, 4) is 0 Å². The molecule has 0 saturated heterocycles. The summed E-state index contributed by atoms with van der Waals surface area (Å²) in [5.74, 6) is -1.29. The Morgan fingerprint density at radius 2 is 1.95 bits per heavy atom. The van der Waals surface area contributed by atoms with Crippen LogP contribution in [0.5, 0.6) is 0 Å². The van der Waals surface area contributed by atoms with E-state index in [4.69, 9.17) is 23.2 Å². The Hall–Kier alpha value is -1.76. The summed E-state index contributed by atoms with van der Waals surface area (Å²) in [6, 6.07) is 8.89. The van der Waals surface area contributed by atoms with E-state index in [1.165, 1.54) is 0 Å². The molecule has 0 amide bonds. The van der Waals surface area contributed by atoms with Crippen molar-refractivity contribution in [3.63, 3.8) is 0 Å². The van der Waals surface area contributed by atoms with E-state index in [-0.39, 0.29) is 21.2 Å². The molecule has 0 saturated carbocycles. The molecule has 2 aromatic rings. The first-order valence-corrected chi connectivity index (χ1v) is 7.10. The first-order valence-electron chi connectivity index (χ1n) is 5.53. The number of hydrogen-bond donors (Lipinski definition) is 1. The van der Waals surface area contributed by atoms with Gasteiger partial charge in [-0.2, -0.15) is 0 Å². The van der Waals surface area contributed by atoms with Crippen LogP contribution in [0, 0.1) is 10.1 Å². The van der Waals surface area contributed by atoms with Gasteiger partial charge in [0.05, 0.1) is 15.5 Å². The van der Waals surface area contributed by atoms with E-state index in [0.29, 0.717) is 9.92 Å². The highest BCUT2D eigenvalue weighted by atomic mass is 35.5. The number of rotatable bonds is 4. The van der Waals surface area contributed by atoms with E-state index in [1.807, 2.05) is 0 Å². The minimum atomic E-state index is -1.29. The largest absolute Gasteiger partial charge is 0.478 e. The van der Waals surface area contributed by atoms with Crippen molar-refractivity contribution in [2.24, 2.45) is 0 Å². The predicted octanol–water partition coefficient (Wildman–Crippen LogP) is 4.75. The van der Waals surface area contributed by atoms with Crippen LogP contribution in [0.1, 0.15) is 10.4 Å². The van der Waals surface area contributed by atoms with Crippen LogP contribution in [0.4, 0.5) is 5.69 Å². The molecule has 8 heteroatoms. The third kappa shape index (κ3) is 3.66. The van der Waals surface area contributed by atoms with Gasteiger partial charge in [-0.1, -0.05) is 41.0 Å². The average Bonchev–Trinajstić information content (AvgIpc) is 2.40. The molecule has 0 atom stereocenters. The van der Waals surface area contributed by atoms with Crippen LogP contribution in [0.3, 0.4) is 0 Å². The lowest BCUT2D eigenvalue weighted by Gasteiger charge is -2.08. The SMILES string of the molecule is O=C(O)c1cc([N+](=O)[O-])cc(Cl)c1Sc1cccc(Cl)c1. The summed E-state index contributed by atoms with van der Waals surface area (Å²) in [6.07, 6.45) is 0. The maximum Gasteiger partial charge on any atom is 0.337 e. The number of aromatic carboxylic acids is 1. The number of nitro benzene ring substituents is 1. The highest BCUT2D eigenvalue weighted by Gasteiger charge is 2.21. The van der Waals surface area contributed by atoms with Gasteiger partial charge in [0.1, 0.15) is 0 Å². The lowest BCUT2D eigenvalue weighted by atomic mass is 10.2. The zero-order valence-corrected chi connectivity index (χ0v) is 12.6. The minimum Gasteiger partial charge on any atom is -0.478 e. The second-order valence-corrected chi connectivity index (χ2v) is 5.85. The summed E-state index contributed by atoms with van der Waals surface area (Å²) in [6.45, 7) is 0. The maximum absolute atomic E-state index is 11.3. The number of carboxylic acids is 1. The van der Waals surface area contributed by atoms with Gasteiger partial charge in [-0.15, -0.1) is 0 Å². The van der Waals surface area contributed by atoms with Crippen molar-refractivity contribution >= 4 is 46.6 Å². The van der Waals surface area contributed by atoms with Gasteiger partial charge in [-0.05, 0) is 18.2 Å². The summed E-state index contributed by atoms with van der Waals surface area (Å²) in [7, 11) is 0. The molecule has 0 aliphatic heterocycles. The van der Waals surface area contributed by atoms with E-state index < -0.39 is 10.9 Å². The molecule has 0 radical (unpaired) electrons. The van der Waals surface area contributed by atoms with Crippen LogP contribution >= 0.6 is 35.0 Å². The third-order valence-corrected chi connectivity index (χ3v) is 4.26. The normalized spacial score (nSPS) is 10.4. The molecule has 21 heavy (non-hydrogen) atoms. The number of halogens is 2. The van der Waals surface area contributed by atoms with Gasteiger partial charge in [-0.25, -0.2) is 4.79 Å². The smallest absolute Gasteiger partial charge is 0.337 e. The molecule has 1 N–H and O–H groups in total. The molecule has 2 rings (SSSR count). The van der Waals surface area contributed by atoms with Crippen molar-refractivity contribution in [1.82, 2.24) is 0 Å². The molecule has 0 heterocycles. The molecule has 2 aromatic carbocycles. The summed E-state index contributed by atoms with van der Waals surface area (Å²) < 4.78 is 0. The fraction of sp³-hybridized carbons (Fsp3) is 0. The number of benzene rings is 2. The van der Waals surface area contributed by atoms with E-state index >= 15 is 0 Å². The predicted molar refractivity (Wildman–Crippen MR) is 80.6 cm³/mol. The number of hydrogen-bond acceptors (Lipinski definition) is 4. The summed E-state index contributed by atoms with van der Waals surface area (Å²) in [5.41, 5.74) is -0.591. The van der Waals surface area contributed by atoms with E-state index in [1.54, 1.807) is 24.3 Å². The Labute approximate surface area is 133 Å². The van der Waals surface area contributed by atoms with Crippen LogP contribution in [-0.4, -0.2) is 16.0 Å². The van der Waals surface area contributed by atoms with Crippen molar-refractivity contribution in [2.45, 2.75) is 9.79 Å². The monoisotopic (exact) mass is 343 g/mol. The van der Waals surface area contributed by atoms with Crippen LogP contribution in [0.2, 0.25) is 10.0 Å². The van der Waals surface area contributed by atoms with Gasteiger partial charge in [0, 0.05) is 26.9 Å². The van der Waals surface area contributed by atoms with Gasteiger partial charge >= 0.3 is 5.97 Å². The molecule has 0 unspecified atom stereocenters. The molecule has 0 fully saturated rings. The van der Waals surface area contributed by atoms with Gasteiger partial charge in [0.15, 0.2) is 0 Å². The average molecular weight is 344 g/mol. The lowest BCUT2D eigenvalue weighted by Crippen LogP contribution is -2.01. The molecule has 0 aliphatic rings. The van der Waals surface area contributed by atoms with Crippen molar-refractivity contribution in [2.75, 3.05) is 0 Å². The molecule has 0 bridgehead atoms. The molecule has 108 valence electrons. The van der Waals surface area contributed by atoms with Crippen LogP contribution < -0.4 is 0 Å². The van der Waals surface area contributed by atoms with E-state index in [0.717, 1.165) is 23.9 Å². The number of carboxylic acid groups (broad SMARTS) is 1.